The summed E-state index contributed by atoms with van der Waals surface area (Å²) in [6.07, 6.45) is 22.3. The van der Waals surface area contributed by atoms with Crippen molar-refractivity contribution in [2.75, 3.05) is 300 Å². The van der Waals surface area contributed by atoms with Gasteiger partial charge in [0, 0.05) is 57.8 Å². The topological polar surface area (TPSA) is 237 Å². The van der Waals surface area contributed by atoms with Crippen molar-refractivity contribution in [2.24, 2.45) is 0 Å². The lowest BCUT2D eigenvalue weighted by Crippen LogP contribution is -2.51. The van der Waals surface area contributed by atoms with E-state index < -0.39 is 0 Å². The van der Waals surface area contributed by atoms with Crippen LogP contribution in [0.25, 0.3) is 0 Å². The molecule has 0 bridgehead atoms. The van der Waals surface area contributed by atoms with Crippen LogP contribution in [0, 0.1) is 0 Å². The van der Waals surface area contributed by atoms with E-state index in [1.165, 1.54) is 117 Å². The predicted octanol–water partition coefficient (Wildman–Crippen LogP) is 19.1. The van der Waals surface area contributed by atoms with E-state index in [4.69, 9.17) is 42.6 Å². The summed E-state index contributed by atoms with van der Waals surface area (Å²) in [5, 5.41) is 0. The molecule has 0 saturated carbocycles. The van der Waals surface area contributed by atoms with Crippen molar-refractivity contribution >= 4 is 53.7 Å². The molecular formula is C106H230N9O18+9. The molecule has 0 aromatic heterocycles. The minimum Gasteiger partial charge on any atom is -0.460 e. The van der Waals surface area contributed by atoms with Crippen LogP contribution in [0.15, 0.2) is 0 Å². The summed E-state index contributed by atoms with van der Waals surface area (Å²) in [6.45, 7) is 91.4. The maximum Gasteiger partial charge on any atom is 0.305 e. The molecule has 0 aliphatic heterocycles. The van der Waals surface area contributed by atoms with E-state index in [0.717, 1.165) is 203 Å². The van der Waals surface area contributed by atoms with Gasteiger partial charge in [-0.3, -0.25) is 43.2 Å². The molecule has 2 atom stereocenters. The van der Waals surface area contributed by atoms with E-state index in [0.29, 0.717) is 117 Å². The number of unbranched alkanes of at least 4 members (excludes halogenated alkanes) is 3. The minimum absolute atomic E-state index is 0.0429. The third-order valence-corrected chi connectivity index (χ3v) is 24.6. The Hall–Kier alpha value is -5.13. The number of rotatable bonds is 70. The van der Waals surface area contributed by atoms with Crippen molar-refractivity contribution in [1.82, 2.24) is 0 Å². The molecule has 0 aromatic carbocycles. The zero-order valence-electron chi connectivity index (χ0n) is 95.0. The van der Waals surface area contributed by atoms with Gasteiger partial charge in [-0.25, -0.2) is 0 Å². The van der Waals surface area contributed by atoms with Gasteiger partial charge < -0.3 is 83.0 Å². The standard InChI is InChI=1S/C15H32NO2.2C14H30NO2.C13H28NO2.C12H26NO2.C11H24NO2.C10H22NO2.C9H20NO2.C8H18NO2/c1-5-9-12-16(8-4,11-7-3)13-14-18-15(17)10-6-2;1-5-9-11-15(8-4,10-6-2)12-13-17-14(16)7-3;1-5-9-14(16)17-13-12-15(8-4,10-6-2)11-7-3;1-5-9-14(8-4,10-6-2)11-12-16-13(15)7-3;1-5-9-12(14)15-11-10-13(6-2,7-3)8-4;1-5-11(13)14-10-9-12(6-2,7-3)8-4;1-5-6-7-10(12)13-9-8-11(2,3)4;1-5-6-9(11)12-8-7-10(2,3)4;1-5-8(10)11-7-6-9(2,3)4/h5-14H2,1-4H3;2*5-13H2,1-4H3;5-12H2,1-4H3;5-11H2,1-4H3;5-10H2,1-4H3;5-9H2,1-4H3;5-8H2,1-4H3;5-7H2,1-4H3/q9*+1. The summed E-state index contributed by atoms with van der Waals surface area (Å²) < 4.78 is 55.2. The molecule has 0 saturated heterocycles. The van der Waals surface area contributed by atoms with Crippen LogP contribution in [0.3, 0.4) is 0 Å². The van der Waals surface area contributed by atoms with Crippen LogP contribution in [0.4, 0.5) is 0 Å². The SMILES string of the molecule is CCC(=O)OCC[N+](C)(C)C.CCC(=O)OCC[N+](CC)(CC)CC.CCCC(=O)OCC[N+](C)(C)C.CCCC(=O)OCC[N+](CC)(CC)CC.CCCC(=O)OCC[N+](CC)(CCC)CCC.CCCCC(=O)OCC[N+](C)(C)C.CCCC[N+](CC)(CCC)CCOC(=O)CC.CCCC[N+](CC)(CCC)CCOC(=O)CCC.CCC[N+](CC)(CCC)CCOC(=O)CC. The number of ether oxygens (including phenoxy) is 9. The largest absolute Gasteiger partial charge is 0.460 e. The number of esters is 9. The molecule has 0 aromatic rings. The van der Waals surface area contributed by atoms with Gasteiger partial charge in [0.2, 0.25) is 0 Å². The maximum absolute atomic E-state index is 11.4. The lowest BCUT2D eigenvalue weighted by molar-refractivity contribution is -0.927. The average Bonchev–Trinajstić information content (AvgIpc) is 0.956. The van der Waals surface area contributed by atoms with Crippen LogP contribution in [-0.4, -0.2) is 394 Å². The normalized spacial score (nSPS) is 12.2. The highest BCUT2D eigenvalue weighted by atomic mass is 16.6. The van der Waals surface area contributed by atoms with Gasteiger partial charge in [0.05, 0.1) is 181 Å². The second-order valence-corrected chi connectivity index (χ2v) is 38.6. The molecule has 27 heteroatoms. The lowest BCUT2D eigenvalue weighted by atomic mass is 10.2. The van der Waals surface area contributed by atoms with Crippen molar-refractivity contribution < 1.29 is 126 Å². The molecule has 798 valence electrons. The highest BCUT2D eigenvalue weighted by Gasteiger charge is 2.29. The van der Waals surface area contributed by atoms with Crippen LogP contribution < -0.4 is 0 Å². The van der Waals surface area contributed by atoms with Gasteiger partial charge in [-0.1, -0.05) is 137 Å². The first-order valence-corrected chi connectivity index (χ1v) is 53.6. The summed E-state index contributed by atoms with van der Waals surface area (Å²) >= 11 is 0. The summed E-state index contributed by atoms with van der Waals surface area (Å²) in [7, 11) is 18.7. The number of hydrogen-bond donors (Lipinski definition) is 0. The van der Waals surface area contributed by atoms with E-state index in [1.807, 2.05) is 48.5 Å². The third-order valence-electron chi connectivity index (χ3n) is 24.6. The van der Waals surface area contributed by atoms with Crippen molar-refractivity contribution in [3.63, 3.8) is 0 Å². The van der Waals surface area contributed by atoms with E-state index in [-0.39, 0.29) is 53.7 Å². The Balaban J connectivity index is -0.000000186. The van der Waals surface area contributed by atoms with Crippen molar-refractivity contribution in [1.29, 1.82) is 0 Å². The molecule has 0 N–H and O–H groups in total. The Morgan fingerprint density at radius 2 is 0.301 bits per heavy atom. The van der Waals surface area contributed by atoms with Crippen LogP contribution in [-0.2, 0) is 85.8 Å². The summed E-state index contributed by atoms with van der Waals surface area (Å²) in [6, 6.07) is 0. The van der Waals surface area contributed by atoms with Crippen LogP contribution in [0.5, 0.6) is 0 Å². The monoisotopic (exact) mass is 1920 g/mol. The predicted molar refractivity (Wildman–Crippen MR) is 554 cm³/mol. The molecule has 0 aliphatic rings. The summed E-state index contributed by atoms with van der Waals surface area (Å²) in [4.78, 5) is 99.6. The molecular weight excluding hydrogens is 1690 g/mol. The number of carbonyl (C=O) groups excluding carboxylic acids is 9. The fourth-order valence-corrected chi connectivity index (χ4v) is 14.7. The molecule has 133 heavy (non-hydrogen) atoms. The molecule has 0 radical (unpaired) electrons. The van der Waals surface area contributed by atoms with Crippen LogP contribution in [0.2, 0.25) is 0 Å². The van der Waals surface area contributed by atoms with Gasteiger partial charge in [-0.15, -0.1) is 0 Å². The lowest BCUT2D eigenvalue weighted by Gasteiger charge is -2.37. The first-order valence-electron chi connectivity index (χ1n) is 53.6. The summed E-state index contributed by atoms with van der Waals surface area (Å²) in [5.74, 6) is -0.646. The average molecular weight is 1920 g/mol. The minimum atomic E-state index is -0.113. The zero-order valence-corrected chi connectivity index (χ0v) is 95.0. The molecule has 0 fully saturated rings. The van der Waals surface area contributed by atoms with E-state index in [2.05, 4.69) is 195 Å². The number of nitrogens with zero attached hydrogens (tertiary/aromatic N) is 9. The Labute approximate surface area is 822 Å². The van der Waals surface area contributed by atoms with Gasteiger partial charge >= 0.3 is 53.7 Å². The second-order valence-electron chi connectivity index (χ2n) is 38.6. The van der Waals surface area contributed by atoms with Gasteiger partial charge in [-0.2, -0.15) is 0 Å². The first-order chi connectivity index (χ1) is 62.7. The highest BCUT2D eigenvalue weighted by Crippen LogP contribution is 2.16. The smallest absolute Gasteiger partial charge is 0.305 e. The van der Waals surface area contributed by atoms with Gasteiger partial charge in [-0.05, 0) is 153 Å². The Kier molecular flexibility index (Phi) is 103. The molecule has 0 spiro atoms. The van der Waals surface area contributed by atoms with Crippen molar-refractivity contribution in [3.05, 3.63) is 0 Å². The third kappa shape index (κ3) is 93.0. The number of hydrogen-bond acceptors (Lipinski definition) is 18. The Morgan fingerprint density at radius 1 is 0.150 bits per heavy atom. The molecule has 27 nitrogen and oxygen atoms in total. The van der Waals surface area contributed by atoms with Crippen LogP contribution in [0.1, 0.15) is 347 Å². The quantitative estimate of drug-likeness (QED) is 0.0312. The number of likely N-dealkylation sites (N-methyl/N-ethyl adjacent to an activating group) is 9. The van der Waals surface area contributed by atoms with Gasteiger partial charge in [0.15, 0.2) is 0 Å². The molecule has 0 rings (SSSR count). The fraction of sp³-hybridized carbons (Fsp3) is 0.915. The molecule has 0 heterocycles. The highest BCUT2D eigenvalue weighted by molar-refractivity contribution is 5.71. The second kappa shape index (κ2) is 94.5. The number of carbonyl (C=O) groups is 9. The summed E-state index contributed by atoms with van der Waals surface area (Å²) in [5.41, 5.74) is 0. The molecule has 0 amide bonds. The van der Waals surface area contributed by atoms with E-state index >= 15 is 0 Å². The Bertz CT molecular complexity index is 2670. The van der Waals surface area contributed by atoms with Crippen LogP contribution >= 0.6 is 0 Å². The van der Waals surface area contributed by atoms with E-state index in [1.54, 1.807) is 6.92 Å². The fourth-order valence-electron chi connectivity index (χ4n) is 14.7. The van der Waals surface area contributed by atoms with Gasteiger partial charge in [0.1, 0.15) is 118 Å². The van der Waals surface area contributed by atoms with Gasteiger partial charge in [0.25, 0.3) is 0 Å². The first kappa shape index (κ1) is 146. The van der Waals surface area contributed by atoms with Crippen molar-refractivity contribution in [2.45, 2.75) is 347 Å². The zero-order chi connectivity index (χ0) is 104. The maximum atomic E-state index is 11.4. The van der Waals surface area contributed by atoms with E-state index in [9.17, 15) is 43.2 Å². The molecule has 2 unspecified atom stereocenters. The number of quaternary nitrogens is 9. The van der Waals surface area contributed by atoms with Crippen molar-refractivity contribution in [3.8, 4) is 0 Å². The molecule has 0 aliphatic carbocycles. The Morgan fingerprint density at radius 3 is 0.444 bits per heavy atom.